The number of rotatable bonds is 25. The van der Waals surface area contributed by atoms with Crippen molar-refractivity contribution in [1.29, 1.82) is 0 Å². The van der Waals surface area contributed by atoms with E-state index in [2.05, 4.69) is 18.4 Å². The van der Waals surface area contributed by atoms with Gasteiger partial charge in [-0.15, -0.1) is 0 Å². The number of unbranched alkanes of at least 4 members (excludes halogenated alkanes) is 11. The summed E-state index contributed by atoms with van der Waals surface area (Å²) in [5, 5.41) is 18.0. The third-order valence-corrected chi connectivity index (χ3v) is 6.46. The lowest BCUT2D eigenvalue weighted by molar-refractivity contribution is -0.161. The summed E-state index contributed by atoms with van der Waals surface area (Å²) < 4.78 is 32.0. The van der Waals surface area contributed by atoms with Crippen LogP contribution in [0.15, 0.2) is 0 Å². The van der Waals surface area contributed by atoms with Gasteiger partial charge in [-0.25, -0.2) is 4.57 Å². The van der Waals surface area contributed by atoms with E-state index in [1.807, 2.05) is 0 Å². The van der Waals surface area contributed by atoms with Gasteiger partial charge < -0.3 is 24.6 Å². The molecule has 0 aromatic rings. The molecule has 0 heterocycles. The molecule has 214 valence electrons. The standard InChI is InChI=1S/C25H49O10P/c1-3-5-7-9-11-13-14-16-24(28)32-20-23(21-34-36(30,31)33-19-22(27)18-26)35-25(29)17-15-12-10-8-6-4-2/h22-23,26-27H,3-21H2,1-2H3,(H,30,31)/t22-,23+/m0/s1. The predicted octanol–water partition coefficient (Wildman–Crippen LogP) is 4.82. The SMILES string of the molecule is CCCCCCCCCC(=O)OC[C@H](COP(=O)(O)OC[C@@H](O)CO)OC(=O)CCCCCCCC. The predicted molar refractivity (Wildman–Crippen MR) is 136 cm³/mol. The van der Waals surface area contributed by atoms with Crippen molar-refractivity contribution in [3.05, 3.63) is 0 Å². The molecule has 3 N–H and O–H groups in total. The summed E-state index contributed by atoms with van der Waals surface area (Å²) in [6.07, 6.45) is 11.5. The van der Waals surface area contributed by atoms with Gasteiger partial charge in [-0.2, -0.15) is 0 Å². The number of hydrogen-bond acceptors (Lipinski definition) is 9. The fourth-order valence-corrected chi connectivity index (χ4v) is 4.13. The molecule has 0 aromatic heterocycles. The number of ether oxygens (including phenoxy) is 2. The number of esters is 2. The highest BCUT2D eigenvalue weighted by atomic mass is 31.2. The van der Waals surface area contributed by atoms with E-state index in [1.54, 1.807) is 0 Å². The van der Waals surface area contributed by atoms with Gasteiger partial charge in [-0.3, -0.25) is 18.6 Å². The van der Waals surface area contributed by atoms with Gasteiger partial charge in [0.15, 0.2) is 6.10 Å². The first-order valence-electron chi connectivity index (χ1n) is 13.5. The Morgan fingerprint density at radius 3 is 1.72 bits per heavy atom. The van der Waals surface area contributed by atoms with E-state index < -0.39 is 51.8 Å². The van der Waals surface area contributed by atoms with Crippen LogP contribution in [0, 0.1) is 0 Å². The summed E-state index contributed by atoms with van der Waals surface area (Å²) in [5.74, 6) is -0.943. The Bertz CT molecular complexity index is 601. The largest absolute Gasteiger partial charge is 0.472 e. The molecule has 0 fully saturated rings. The van der Waals surface area contributed by atoms with Gasteiger partial charge in [0, 0.05) is 12.8 Å². The third kappa shape index (κ3) is 22.2. The second-order valence-electron chi connectivity index (χ2n) is 9.08. The van der Waals surface area contributed by atoms with Crippen LogP contribution in [0.1, 0.15) is 110 Å². The zero-order valence-electron chi connectivity index (χ0n) is 22.2. The molecule has 0 aliphatic heterocycles. The number of carbonyl (C=O) groups is 2. The quantitative estimate of drug-likeness (QED) is 0.0836. The first kappa shape index (κ1) is 35.0. The summed E-state index contributed by atoms with van der Waals surface area (Å²) in [6.45, 7) is 2.20. The first-order valence-corrected chi connectivity index (χ1v) is 15.0. The number of phosphoric ester groups is 1. The van der Waals surface area contributed by atoms with Crippen LogP contribution in [0.4, 0.5) is 0 Å². The molecule has 0 bridgehead atoms. The molecule has 10 nitrogen and oxygen atoms in total. The van der Waals surface area contributed by atoms with Crippen LogP contribution in [0.3, 0.4) is 0 Å². The Morgan fingerprint density at radius 2 is 1.19 bits per heavy atom. The van der Waals surface area contributed by atoms with E-state index in [1.165, 1.54) is 19.3 Å². The monoisotopic (exact) mass is 540 g/mol. The molecule has 0 aliphatic rings. The zero-order valence-corrected chi connectivity index (χ0v) is 23.1. The minimum Gasteiger partial charge on any atom is -0.462 e. The molecular weight excluding hydrogens is 491 g/mol. The van der Waals surface area contributed by atoms with E-state index in [0.29, 0.717) is 12.8 Å². The van der Waals surface area contributed by atoms with Crippen LogP contribution < -0.4 is 0 Å². The Kier molecular flexibility index (Phi) is 22.5. The molecule has 1 unspecified atom stereocenters. The molecule has 0 amide bonds. The minimum atomic E-state index is -4.58. The highest BCUT2D eigenvalue weighted by Gasteiger charge is 2.27. The van der Waals surface area contributed by atoms with Crippen molar-refractivity contribution >= 4 is 19.8 Å². The normalized spacial score (nSPS) is 14.7. The number of phosphoric acid groups is 1. The zero-order chi connectivity index (χ0) is 27.1. The summed E-state index contributed by atoms with van der Waals surface area (Å²) >= 11 is 0. The molecule has 0 radical (unpaired) electrons. The van der Waals surface area contributed by atoms with Crippen molar-refractivity contribution < 1.29 is 47.8 Å². The summed E-state index contributed by atoms with van der Waals surface area (Å²) in [6, 6.07) is 0. The molecule has 0 saturated heterocycles. The van der Waals surface area contributed by atoms with Gasteiger partial charge in [0.2, 0.25) is 0 Å². The number of aliphatic hydroxyl groups excluding tert-OH is 2. The van der Waals surface area contributed by atoms with Crippen LogP contribution in [0.5, 0.6) is 0 Å². The van der Waals surface area contributed by atoms with E-state index in [0.717, 1.165) is 51.4 Å². The Labute approximate surface area is 216 Å². The van der Waals surface area contributed by atoms with Gasteiger partial charge in [-0.05, 0) is 12.8 Å². The highest BCUT2D eigenvalue weighted by molar-refractivity contribution is 7.47. The fraction of sp³-hybridized carbons (Fsp3) is 0.920. The molecule has 0 saturated carbocycles. The average molecular weight is 541 g/mol. The molecular formula is C25H49O10P. The van der Waals surface area contributed by atoms with Crippen molar-refractivity contribution in [2.45, 2.75) is 122 Å². The molecule has 11 heteroatoms. The Hall–Kier alpha value is -1.03. The Morgan fingerprint density at radius 1 is 0.722 bits per heavy atom. The maximum atomic E-state index is 12.2. The lowest BCUT2D eigenvalue weighted by atomic mass is 10.1. The van der Waals surface area contributed by atoms with Gasteiger partial charge >= 0.3 is 19.8 Å². The second-order valence-corrected chi connectivity index (χ2v) is 10.5. The van der Waals surface area contributed by atoms with E-state index in [4.69, 9.17) is 19.1 Å². The summed E-state index contributed by atoms with van der Waals surface area (Å²) in [4.78, 5) is 34.1. The number of aliphatic hydroxyl groups is 2. The Balaban J connectivity index is 4.54. The van der Waals surface area contributed by atoms with Crippen molar-refractivity contribution in [2.24, 2.45) is 0 Å². The van der Waals surface area contributed by atoms with Gasteiger partial charge in [0.25, 0.3) is 0 Å². The summed E-state index contributed by atoms with van der Waals surface area (Å²) in [7, 11) is -4.58. The molecule has 0 aromatic carbocycles. The van der Waals surface area contributed by atoms with Gasteiger partial charge in [0.1, 0.15) is 12.7 Å². The van der Waals surface area contributed by atoms with Crippen LogP contribution in [0.2, 0.25) is 0 Å². The van der Waals surface area contributed by atoms with E-state index >= 15 is 0 Å². The maximum Gasteiger partial charge on any atom is 0.472 e. The third-order valence-electron chi connectivity index (χ3n) is 5.51. The molecule has 36 heavy (non-hydrogen) atoms. The molecule has 0 aliphatic carbocycles. The van der Waals surface area contributed by atoms with E-state index in [-0.39, 0.29) is 19.4 Å². The van der Waals surface area contributed by atoms with Gasteiger partial charge in [-0.1, -0.05) is 84.5 Å². The van der Waals surface area contributed by atoms with Crippen molar-refractivity contribution in [2.75, 3.05) is 26.4 Å². The van der Waals surface area contributed by atoms with E-state index in [9.17, 15) is 24.2 Å². The van der Waals surface area contributed by atoms with Gasteiger partial charge in [0.05, 0.1) is 19.8 Å². The lowest BCUT2D eigenvalue weighted by Gasteiger charge is -2.20. The van der Waals surface area contributed by atoms with Crippen LogP contribution in [-0.4, -0.2) is 65.7 Å². The number of hydrogen-bond donors (Lipinski definition) is 3. The molecule has 3 atom stereocenters. The average Bonchev–Trinajstić information content (AvgIpc) is 2.85. The minimum absolute atomic E-state index is 0.185. The maximum absolute atomic E-state index is 12.2. The molecule has 0 rings (SSSR count). The first-order chi connectivity index (χ1) is 17.2. The highest BCUT2D eigenvalue weighted by Crippen LogP contribution is 2.43. The lowest BCUT2D eigenvalue weighted by Crippen LogP contribution is -2.29. The van der Waals surface area contributed by atoms with Crippen LogP contribution in [0.25, 0.3) is 0 Å². The summed E-state index contributed by atoms with van der Waals surface area (Å²) in [5.41, 5.74) is 0. The van der Waals surface area contributed by atoms with Crippen molar-refractivity contribution in [1.82, 2.24) is 0 Å². The topological polar surface area (TPSA) is 149 Å². The van der Waals surface area contributed by atoms with Crippen molar-refractivity contribution in [3.63, 3.8) is 0 Å². The van der Waals surface area contributed by atoms with Crippen LogP contribution in [-0.2, 0) is 32.7 Å². The van der Waals surface area contributed by atoms with Crippen molar-refractivity contribution in [3.8, 4) is 0 Å². The number of carbonyl (C=O) groups excluding carboxylic acids is 2. The smallest absolute Gasteiger partial charge is 0.462 e. The second kappa shape index (κ2) is 23.1. The van der Waals surface area contributed by atoms with Crippen LogP contribution >= 0.6 is 7.82 Å². The fourth-order valence-electron chi connectivity index (χ4n) is 3.34. The molecule has 0 spiro atoms.